The van der Waals surface area contributed by atoms with Gasteiger partial charge >= 0.3 is 12.1 Å². The van der Waals surface area contributed by atoms with Crippen molar-refractivity contribution >= 4 is 39.3 Å². The topological polar surface area (TPSA) is 75.7 Å². The second-order valence-electron chi connectivity index (χ2n) is 6.57. The summed E-state index contributed by atoms with van der Waals surface area (Å²) in [5, 5.41) is 1.76. The number of alkyl halides is 3. The number of amides is 3. The fourth-order valence-corrected chi connectivity index (χ4v) is 4.13. The summed E-state index contributed by atoms with van der Waals surface area (Å²) in [6.45, 7) is -0.549. The van der Waals surface area contributed by atoms with Gasteiger partial charge in [0.1, 0.15) is 5.60 Å². The molecule has 3 aliphatic heterocycles. The quantitative estimate of drug-likeness (QED) is 0.570. The predicted molar refractivity (Wildman–Crippen MR) is 89.4 cm³/mol. The number of nitrogens with zero attached hydrogens (tertiary/aromatic N) is 1. The van der Waals surface area contributed by atoms with Gasteiger partial charge in [-0.3, -0.25) is 14.4 Å². The molecule has 6 nitrogen and oxygen atoms in total. The summed E-state index contributed by atoms with van der Waals surface area (Å²) in [6.07, 6.45) is -2.74. The Morgan fingerprint density at radius 3 is 2.52 bits per heavy atom. The lowest BCUT2D eigenvalue weighted by molar-refractivity contribution is -0.174. The van der Waals surface area contributed by atoms with Gasteiger partial charge in [0, 0.05) is 4.47 Å². The van der Waals surface area contributed by atoms with Gasteiger partial charge in [0.25, 0.3) is 0 Å². The molecule has 142 valence electrons. The smallest absolute Gasteiger partial charge is 0.360 e. The molecule has 2 bridgehead atoms. The Balaban J connectivity index is 1.62. The van der Waals surface area contributed by atoms with Crippen molar-refractivity contribution in [3.8, 4) is 0 Å². The number of hydrogen-bond donors (Lipinski definition) is 1. The third-order valence-corrected chi connectivity index (χ3v) is 5.55. The Bertz CT molecular complexity index is 870. The van der Waals surface area contributed by atoms with Crippen molar-refractivity contribution < 1.29 is 32.3 Å². The van der Waals surface area contributed by atoms with Crippen molar-refractivity contribution in [3.05, 3.63) is 40.9 Å². The maximum atomic E-state index is 13.0. The number of halogens is 4. The standard InChI is InChI=1S/C17H12BrF3N2O4/c18-8-1-3-9(4-2-8)23-13(24)11-10-5-6-16(27-10,12(11)14(23)25)7-22-15(26)17(19,20)21/h1-6,10-12H,7H2,(H,22,26)/t10-,11+,12+,16+/m1/s1. The molecule has 2 fully saturated rings. The van der Waals surface area contributed by atoms with E-state index in [-0.39, 0.29) is 0 Å². The first kappa shape index (κ1) is 18.2. The van der Waals surface area contributed by atoms with E-state index in [4.69, 9.17) is 4.74 Å². The highest BCUT2D eigenvalue weighted by Gasteiger charge is 2.68. The molecule has 3 heterocycles. The van der Waals surface area contributed by atoms with Gasteiger partial charge in [-0.1, -0.05) is 28.1 Å². The number of rotatable bonds is 3. The molecule has 1 aromatic rings. The lowest BCUT2D eigenvalue weighted by Gasteiger charge is -2.29. The van der Waals surface area contributed by atoms with E-state index in [0.717, 1.165) is 9.37 Å². The first-order valence-corrected chi connectivity index (χ1v) is 8.79. The summed E-state index contributed by atoms with van der Waals surface area (Å²) in [6, 6.07) is 6.53. The molecule has 4 atom stereocenters. The summed E-state index contributed by atoms with van der Waals surface area (Å²) in [5.41, 5.74) is -1.09. The van der Waals surface area contributed by atoms with Crippen LogP contribution >= 0.6 is 15.9 Å². The fraction of sp³-hybridized carbons (Fsp3) is 0.353. The number of fused-ring (bicyclic) bond motifs is 5. The Morgan fingerprint density at radius 1 is 1.22 bits per heavy atom. The number of carbonyl (C=O) groups is 3. The van der Waals surface area contributed by atoms with E-state index in [0.29, 0.717) is 5.69 Å². The van der Waals surface area contributed by atoms with Crippen molar-refractivity contribution in [2.75, 3.05) is 11.4 Å². The van der Waals surface area contributed by atoms with Gasteiger partial charge in [-0.2, -0.15) is 13.2 Å². The molecule has 2 saturated heterocycles. The van der Waals surface area contributed by atoms with Crippen molar-refractivity contribution in [2.24, 2.45) is 11.8 Å². The molecule has 10 heteroatoms. The van der Waals surface area contributed by atoms with Crippen LogP contribution < -0.4 is 10.2 Å². The Hall–Kier alpha value is -2.20. The highest BCUT2D eigenvalue weighted by molar-refractivity contribution is 9.10. The van der Waals surface area contributed by atoms with Gasteiger partial charge in [-0.15, -0.1) is 0 Å². The second-order valence-corrected chi connectivity index (χ2v) is 7.48. The van der Waals surface area contributed by atoms with Crippen LogP contribution in [-0.2, 0) is 19.1 Å². The summed E-state index contributed by atoms with van der Waals surface area (Å²) in [5.74, 6) is -4.96. The number of nitrogens with one attached hydrogen (secondary N) is 1. The minimum atomic E-state index is -5.05. The van der Waals surface area contributed by atoms with Crippen LogP contribution in [-0.4, -0.2) is 42.1 Å². The third kappa shape index (κ3) is 2.69. The summed E-state index contributed by atoms with van der Waals surface area (Å²) in [7, 11) is 0. The highest BCUT2D eigenvalue weighted by Crippen LogP contribution is 2.52. The molecule has 4 rings (SSSR count). The van der Waals surface area contributed by atoms with Crippen LogP contribution in [0.4, 0.5) is 18.9 Å². The largest absolute Gasteiger partial charge is 0.471 e. The number of hydrogen-bond acceptors (Lipinski definition) is 4. The molecule has 0 radical (unpaired) electrons. The lowest BCUT2D eigenvalue weighted by Crippen LogP contribution is -2.51. The molecule has 27 heavy (non-hydrogen) atoms. The monoisotopic (exact) mass is 444 g/mol. The molecule has 3 aliphatic rings. The molecule has 0 unspecified atom stereocenters. The van der Waals surface area contributed by atoms with E-state index >= 15 is 0 Å². The molecule has 1 aromatic carbocycles. The van der Waals surface area contributed by atoms with Crippen molar-refractivity contribution in [3.63, 3.8) is 0 Å². The summed E-state index contributed by atoms with van der Waals surface area (Å²) < 4.78 is 43.9. The predicted octanol–water partition coefficient (Wildman–Crippen LogP) is 1.94. The zero-order chi connectivity index (χ0) is 19.6. The van der Waals surface area contributed by atoms with Crippen molar-refractivity contribution in [1.29, 1.82) is 0 Å². The minimum absolute atomic E-state index is 0.372. The van der Waals surface area contributed by atoms with Crippen LogP contribution in [0.5, 0.6) is 0 Å². The molecule has 3 amide bonds. The minimum Gasteiger partial charge on any atom is -0.360 e. The van der Waals surface area contributed by atoms with E-state index in [1.54, 1.807) is 35.7 Å². The maximum absolute atomic E-state index is 13.0. The van der Waals surface area contributed by atoms with Gasteiger partial charge in [0.15, 0.2) is 0 Å². The summed E-state index contributed by atoms with van der Waals surface area (Å²) >= 11 is 3.27. The zero-order valence-corrected chi connectivity index (χ0v) is 15.1. The maximum Gasteiger partial charge on any atom is 0.471 e. The third-order valence-electron chi connectivity index (χ3n) is 5.02. The number of imide groups is 1. The van der Waals surface area contributed by atoms with Crippen LogP contribution in [0.25, 0.3) is 0 Å². The zero-order valence-electron chi connectivity index (χ0n) is 13.5. The van der Waals surface area contributed by atoms with E-state index in [1.165, 1.54) is 6.08 Å². The number of anilines is 1. The molecule has 0 saturated carbocycles. The second kappa shape index (κ2) is 5.90. The van der Waals surface area contributed by atoms with Crippen LogP contribution in [0.1, 0.15) is 0 Å². The van der Waals surface area contributed by atoms with Crippen LogP contribution in [0.15, 0.2) is 40.9 Å². The molecule has 0 aromatic heterocycles. The fourth-order valence-electron chi connectivity index (χ4n) is 3.87. The lowest BCUT2D eigenvalue weighted by atomic mass is 9.77. The molecular weight excluding hydrogens is 433 g/mol. The SMILES string of the molecule is O=C1[C@@H]2[C@@H](C(=O)N1c1ccc(Br)cc1)[C@@]1(CNC(=O)C(F)(F)F)C=C[C@H]2O1. The first-order chi connectivity index (χ1) is 12.6. The van der Waals surface area contributed by atoms with Crippen LogP contribution in [0, 0.1) is 11.8 Å². The normalized spacial score (nSPS) is 31.6. The molecule has 1 N–H and O–H groups in total. The Kier molecular flexibility index (Phi) is 3.97. The van der Waals surface area contributed by atoms with Crippen LogP contribution in [0.3, 0.4) is 0 Å². The first-order valence-electron chi connectivity index (χ1n) is 8.00. The average Bonchev–Trinajstić information content (AvgIpc) is 3.24. The Labute approximate surface area is 159 Å². The molecule has 0 spiro atoms. The number of carbonyl (C=O) groups excluding carboxylic acids is 3. The van der Waals surface area contributed by atoms with Gasteiger partial charge in [-0.25, -0.2) is 4.90 Å². The van der Waals surface area contributed by atoms with E-state index in [1.807, 2.05) is 0 Å². The average molecular weight is 445 g/mol. The van der Waals surface area contributed by atoms with Crippen molar-refractivity contribution in [1.82, 2.24) is 5.32 Å². The van der Waals surface area contributed by atoms with Gasteiger partial charge in [-0.05, 0) is 24.3 Å². The highest BCUT2D eigenvalue weighted by atomic mass is 79.9. The molecule has 0 aliphatic carbocycles. The molecular formula is C17H12BrF3N2O4. The van der Waals surface area contributed by atoms with Crippen molar-refractivity contribution in [2.45, 2.75) is 17.9 Å². The summed E-state index contributed by atoms with van der Waals surface area (Å²) in [4.78, 5) is 38.0. The van der Waals surface area contributed by atoms with E-state index in [9.17, 15) is 27.6 Å². The van der Waals surface area contributed by atoms with E-state index in [2.05, 4.69) is 15.9 Å². The van der Waals surface area contributed by atoms with Gasteiger partial charge in [0.05, 0.1) is 30.2 Å². The van der Waals surface area contributed by atoms with Gasteiger partial charge < -0.3 is 10.1 Å². The van der Waals surface area contributed by atoms with E-state index < -0.39 is 54.0 Å². The van der Waals surface area contributed by atoms with Gasteiger partial charge in [0.2, 0.25) is 11.8 Å². The number of benzene rings is 1. The number of ether oxygens (including phenoxy) is 1. The Morgan fingerprint density at radius 2 is 1.89 bits per heavy atom. The van der Waals surface area contributed by atoms with Crippen LogP contribution in [0.2, 0.25) is 0 Å².